The highest BCUT2D eigenvalue weighted by atomic mass is 16.5. The van der Waals surface area contributed by atoms with Gasteiger partial charge in [0.15, 0.2) is 0 Å². The van der Waals surface area contributed by atoms with E-state index in [-0.39, 0.29) is 30.9 Å². The van der Waals surface area contributed by atoms with Crippen molar-refractivity contribution in [2.75, 3.05) is 13.2 Å². The van der Waals surface area contributed by atoms with E-state index in [9.17, 15) is 9.90 Å². The Morgan fingerprint density at radius 2 is 1.91 bits per heavy atom. The normalized spacial score (nSPS) is 24.8. The molecule has 1 fully saturated rings. The molecule has 0 bridgehead atoms. The summed E-state index contributed by atoms with van der Waals surface area (Å²) >= 11 is 0. The molecule has 2 N–H and O–H groups in total. The zero-order chi connectivity index (χ0) is 15.9. The highest BCUT2D eigenvalue weighted by Crippen LogP contribution is 2.19. The maximum atomic E-state index is 12.5. The molecule has 1 aromatic carbocycles. The van der Waals surface area contributed by atoms with Crippen LogP contribution in [0.2, 0.25) is 0 Å². The molecule has 0 aromatic heterocycles. The van der Waals surface area contributed by atoms with Gasteiger partial charge < -0.3 is 20.1 Å². The van der Waals surface area contributed by atoms with Crippen molar-refractivity contribution >= 4 is 6.03 Å². The zero-order valence-electron chi connectivity index (χ0n) is 13.4. The Kier molecular flexibility index (Phi) is 6.21. The molecule has 2 unspecified atom stereocenters. The van der Waals surface area contributed by atoms with Gasteiger partial charge in [0.25, 0.3) is 0 Å². The molecule has 2 atom stereocenters. The Bertz CT molecular complexity index is 456. The number of rotatable bonds is 5. The van der Waals surface area contributed by atoms with Crippen LogP contribution in [0.3, 0.4) is 0 Å². The van der Waals surface area contributed by atoms with Crippen LogP contribution in [0.4, 0.5) is 4.79 Å². The summed E-state index contributed by atoms with van der Waals surface area (Å²) in [5, 5.41) is 12.3. The molecule has 0 radical (unpaired) electrons. The van der Waals surface area contributed by atoms with Crippen LogP contribution in [0.15, 0.2) is 30.3 Å². The van der Waals surface area contributed by atoms with E-state index in [1.165, 1.54) is 0 Å². The third kappa shape index (κ3) is 5.00. The van der Waals surface area contributed by atoms with Gasteiger partial charge in [-0.1, -0.05) is 30.3 Å². The average molecular weight is 306 g/mol. The third-order valence-corrected chi connectivity index (χ3v) is 3.90. The molecule has 5 nitrogen and oxygen atoms in total. The fourth-order valence-electron chi connectivity index (χ4n) is 2.97. The van der Waals surface area contributed by atoms with Crippen LogP contribution >= 0.6 is 0 Å². The second-order valence-corrected chi connectivity index (χ2v) is 6.01. The molecule has 0 saturated carbocycles. The first-order valence-corrected chi connectivity index (χ1v) is 7.94. The van der Waals surface area contributed by atoms with Gasteiger partial charge in [0, 0.05) is 19.1 Å². The van der Waals surface area contributed by atoms with E-state index in [1.807, 2.05) is 44.2 Å². The lowest BCUT2D eigenvalue weighted by Crippen LogP contribution is -2.49. The van der Waals surface area contributed by atoms with Gasteiger partial charge in [0.1, 0.15) is 0 Å². The highest BCUT2D eigenvalue weighted by Gasteiger charge is 2.27. The van der Waals surface area contributed by atoms with Crippen LogP contribution < -0.4 is 5.32 Å². The predicted octanol–water partition coefficient (Wildman–Crippen LogP) is 2.15. The lowest BCUT2D eigenvalue weighted by atomic mass is 10.00. The van der Waals surface area contributed by atoms with Gasteiger partial charge in [-0.15, -0.1) is 0 Å². The minimum Gasteiger partial charge on any atom is -0.395 e. The summed E-state index contributed by atoms with van der Waals surface area (Å²) in [4.78, 5) is 14.1. The van der Waals surface area contributed by atoms with E-state index in [0.717, 1.165) is 18.4 Å². The van der Waals surface area contributed by atoms with Gasteiger partial charge in [-0.05, 0) is 32.3 Å². The molecule has 1 aromatic rings. The number of carbonyl (C=O) groups is 1. The van der Waals surface area contributed by atoms with Crippen molar-refractivity contribution in [3.8, 4) is 0 Å². The molecule has 1 aliphatic rings. The molecular formula is C17H26N2O3. The van der Waals surface area contributed by atoms with Gasteiger partial charge >= 0.3 is 6.03 Å². The number of amides is 2. The minimum absolute atomic E-state index is 0.0408. The van der Waals surface area contributed by atoms with E-state index < -0.39 is 0 Å². The third-order valence-electron chi connectivity index (χ3n) is 3.90. The Morgan fingerprint density at radius 1 is 1.27 bits per heavy atom. The molecule has 0 aliphatic carbocycles. The summed E-state index contributed by atoms with van der Waals surface area (Å²) in [6.07, 6.45) is 1.98. The lowest BCUT2D eigenvalue weighted by molar-refractivity contribution is -0.0408. The quantitative estimate of drug-likeness (QED) is 0.876. The molecule has 122 valence electrons. The van der Waals surface area contributed by atoms with Crippen molar-refractivity contribution < 1.29 is 14.6 Å². The molecule has 2 amide bonds. The Balaban J connectivity index is 1.94. The number of hydrogen-bond acceptors (Lipinski definition) is 3. The number of nitrogens with zero attached hydrogens (tertiary/aromatic N) is 1. The first-order chi connectivity index (χ1) is 10.6. The topological polar surface area (TPSA) is 61.8 Å². The van der Waals surface area contributed by atoms with Gasteiger partial charge in [0.2, 0.25) is 0 Å². The Morgan fingerprint density at radius 3 is 2.50 bits per heavy atom. The van der Waals surface area contributed by atoms with Gasteiger partial charge in [-0.2, -0.15) is 0 Å². The van der Waals surface area contributed by atoms with Gasteiger partial charge in [0.05, 0.1) is 18.8 Å². The fraction of sp³-hybridized carbons (Fsp3) is 0.588. The number of ether oxygens (including phenoxy) is 1. The minimum atomic E-state index is -0.121. The molecule has 5 heteroatoms. The summed E-state index contributed by atoms with van der Waals surface area (Å²) in [7, 11) is 0. The standard InChI is InChI=1S/C17H26N2O3/c1-13-10-16(11-14(2)22-13)18-17(21)19(8-9-20)12-15-6-4-3-5-7-15/h3-7,13-14,16,20H,8-12H2,1-2H3,(H,18,21). The lowest BCUT2D eigenvalue weighted by Gasteiger charge is -2.34. The second kappa shape index (κ2) is 8.15. The van der Waals surface area contributed by atoms with Crippen molar-refractivity contribution in [3.05, 3.63) is 35.9 Å². The monoisotopic (exact) mass is 306 g/mol. The van der Waals surface area contributed by atoms with Gasteiger partial charge in [-0.25, -0.2) is 4.79 Å². The van der Waals surface area contributed by atoms with Crippen LogP contribution in [0.25, 0.3) is 0 Å². The Labute approximate surface area is 132 Å². The Hall–Kier alpha value is -1.59. The molecular weight excluding hydrogens is 280 g/mol. The summed E-state index contributed by atoms with van der Waals surface area (Å²) in [5.41, 5.74) is 1.06. The number of benzene rings is 1. The highest BCUT2D eigenvalue weighted by molar-refractivity contribution is 5.74. The summed E-state index contributed by atoms with van der Waals surface area (Å²) < 4.78 is 5.70. The number of nitrogens with one attached hydrogen (secondary N) is 1. The smallest absolute Gasteiger partial charge is 0.317 e. The zero-order valence-corrected chi connectivity index (χ0v) is 13.4. The van der Waals surface area contributed by atoms with E-state index >= 15 is 0 Å². The summed E-state index contributed by atoms with van der Waals surface area (Å²) in [6.45, 7) is 4.85. The van der Waals surface area contributed by atoms with Crippen LogP contribution in [0, 0.1) is 0 Å². The van der Waals surface area contributed by atoms with Gasteiger partial charge in [-0.3, -0.25) is 0 Å². The first kappa shape index (κ1) is 16.8. The van der Waals surface area contributed by atoms with E-state index in [1.54, 1.807) is 4.90 Å². The number of urea groups is 1. The summed E-state index contributed by atoms with van der Waals surface area (Å²) in [6, 6.07) is 9.82. The van der Waals surface area contributed by atoms with Crippen molar-refractivity contribution in [1.82, 2.24) is 10.2 Å². The SMILES string of the molecule is CC1CC(NC(=O)N(CCO)Cc2ccccc2)CC(C)O1. The largest absolute Gasteiger partial charge is 0.395 e. The van der Waals surface area contributed by atoms with E-state index in [4.69, 9.17) is 4.74 Å². The second-order valence-electron chi connectivity index (χ2n) is 6.01. The van der Waals surface area contributed by atoms with Crippen LogP contribution in [-0.2, 0) is 11.3 Å². The molecule has 1 saturated heterocycles. The fourth-order valence-corrected chi connectivity index (χ4v) is 2.97. The van der Waals surface area contributed by atoms with Crippen molar-refractivity contribution in [2.45, 2.75) is 51.5 Å². The van der Waals surface area contributed by atoms with Crippen LogP contribution in [-0.4, -0.2) is 47.4 Å². The first-order valence-electron chi connectivity index (χ1n) is 7.94. The number of aliphatic hydroxyl groups excluding tert-OH is 1. The maximum Gasteiger partial charge on any atom is 0.317 e. The van der Waals surface area contributed by atoms with Crippen molar-refractivity contribution in [2.24, 2.45) is 0 Å². The summed E-state index contributed by atoms with van der Waals surface area (Å²) in [5.74, 6) is 0. The molecule has 1 heterocycles. The molecule has 0 spiro atoms. The average Bonchev–Trinajstić information content (AvgIpc) is 2.46. The maximum absolute atomic E-state index is 12.5. The number of hydrogen-bond donors (Lipinski definition) is 2. The van der Waals surface area contributed by atoms with Crippen LogP contribution in [0.1, 0.15) is 32.3 Å². The number of aliphatic hydroxyl groups is 1. The van der Waals surface area contributed by atoms with E-state index in [2.05, 4.69) is 5.32 Å². The molecule has 1 aliphatic heterocycles. The predicted molar refractivity (Wildman–Crippen MR) is 85.5 cm³/mol. The van der Waals surface area contributed by atoms with Crippen molar-refractivity contribution in [3.63, 3.8) is 0 Å². The molecule has 2 rings (SSSR count). The van der Waals surface area contributed by atoms with Crippen LogP contribution in [0.5, 0.6) is 0 Å². The number of carbonyl (C=O) groups excluding carboxylic acids is 1. The van der Waals surface area contributed by atoms with E-state index in [0.29, 0.717) is 13.1 Å². The van der Waals surface area contributed by atoms with Crippen molar-refractivity contribution in [1.29, 1.82) is 0 Å². The molecule has 22 heavy (non-hydrogen) atoms.